The Bertz CT molecular complexity index is 421. The predicted octanol–water partition coefficient (Wildman–Crippen LogP) is 2.56. The highest BCUT2D eigenvalue weighted by Gasteiger charge is 2.17. The van der Waals surface area contributed by atoms with Crippen LogP contribution in [-0.2, 0) is 6.42 Å². The lowest BCUT2D eigenvalue weighted by Gasteiger charge is -2.18. The number of hydrogen-bond acceptors (Lipinski definition) is 4. The van der Waals surface area contributed by atoms with Gasteiger partial charge in [0.1, 0.15) is 0 Å². The Hall–Kier alpha value is -1.89. The highest BCUT2D eigenvalue weighted by molar-refractivity contribution is 5.56. The fourth-order valence-electron chi connectivity index (χ4n) is 1.53. The highest BCUT2D eigenvalue weighted by atomic mass is 16.5. The van der Waals surface area contributed by atoms with Gasteiger partial charge in [-0.25, -0.2) is 0 Å². The van der Waals surface area contributed by atoms with E-state index in [9.17, 15) is 0 Å². The number of methoxy groups -OCH3 is 2. The lowest BCUT2D eigenvalue weighted by Crippen LogP contribution is -2.09. The Morgan fingerprint density at radius 1 is 1.18 bits per heavy atom. The number of nitrogens with zero attached hydrogens (tertiary/aromatic N) is 1. The Kier molecular flexibility index (Phi) is 4.65. The van der Waals surface area contributed by atoms with E-state index in [0.29, 0.717) is 17.2 Å². The monoisotopic (exact) mass is 235 g/mol. The minimum Gasteiger partial charge on any atom is -0.493 e. The Morgan fingerprint density at radius 3 is 2.35 bits per heavy atom. The van der Waals surface area contributed by atoms with Crippen LogP contribution >= 0.6 is 0 Å². The topological polar surface area (TPSA) is 51.5 Å². The summed E-state index contributed by atoms with van der Waals surface area (Å²) in [7, 11) is 3.13. The van der Waals surface area contributed by atoms with Crippen molar-refractivity contribution in [3.63, 3.8) is 0 Å². The molecule has 1 aromatic carbocycles. The molecule has 0 amide bonds. The Labute approximate surface area is 102 Å². The zero-order valence-electron chi connectivity index (χ0n) is 10.6. The van der Waals surface area contributed by atoms with Gasteiger partial charge in [-0.1, -0.05) is 6.07 Å². The molecule has 0 aliphatic carbocycles. The fraction of sp³-hybridized carbons (Fsp3) is 0.462. The van der Waals surface area contributed by atoms with Crippen LogP contribution in [0.5, 0.6) is 17.2 Å². The van der Waals surface area contributed by atoms with E-state index in [1.165, 1.54) is 0 Å². The van der Waals surface area contributed by atoms with Crippen molar-refractivity contribution in [1.29, 1.82) is 5.26 Å². The van der Waals surface area contributed by atoms with Gasteiger partial charge >= 0.3 is 0 Å². The average Bonchev–Trinajstić information content (AvgIpc) is 2.30. The van der Waals surface area contributed by atoms with Gasteiger partial charge in [0.25, 0.3) is 0 Å². The molecule has 0 saturated heterocycles. The maximum atomic E-state index is 8.79. The molecule has 0 aromatic heterocycles. The molecule has 0 radical (unpaired) electrons. The first-order valence-corrected chi connectivity index (χ1v) is 5.41. The maximum Gasteiger partial charge on any atom is 0.203 e. The van der Waals surface area contributed by atoms with Gasteiger partial charge in [0.2, 0.25) is 5.75 Å². The summed E-state index contributed by atoms with van der Waals surface area (Å²) < 4.78 is 16.2. The van der Waals surface area contributed by atoms with Crippen molar-refractivity contribution in [3.8, 4) is 23.3 Å². The van der Waals surface area contributed by atoms with Crippen molar-refractivity contribution < 1.29 is 14.2 Å². The summed E-state index contributed by atoms with van der Waals surface area (Å²) in [5.41, 5.74) is 0.804. The Balaban J connectivity index is 3.28. The molecule has 0 spiro atoms. The molecule has 0 N–H and O–H groups in total. The van der Waals surface area contributed by atoms with Crippen LogP contribution in [0.25, 0.3) is 0 Å². The molecule has 0 aliphatic rings. The quantitative estimate of drug-likeness (QED) is 0.787. The maximum absolute atomic E-state index is 8.79. The van der Waals surface area contributed by atoms with E-state index >= 15 is 0 Å². The fourth-order valence-corrected chi connectivity index (χ4v) is 1.53. The first kappa shape index (κ1) is 13.2. The zero-order valence-corrected chi connectivity index (χ0v) is 10.6. The smallest absolute Gasteiger partial charge is 0.203 e. The van der Waals surface area contributed by atoms with Crippen LogP contribution in [0.15, 0.2) is 12.1 Å². The molecule has 0 bridgehead atoms. The van der Waals surface area contributed by atoms with E-state index in [0.717, 1.165) is 5.56 Å². The van der Waals surface area contributed by atoms with E-state index in [2.05, 4.69) is 6.07 Å². The third-order valence-electron chi connectivity index (χ3n) is 2.20. The molecule has 4 heteroatoms. The molecule has 4 nitrogen and oxygen atoms in total. The molecule has 92 valence electrons. The number of benzene rings is 1. The molecule has 1 rings (SSSR count). The van der Waals surface area contributed by atoms with E-state index in [-0.39, 0.29) is 12.5 Å². The molecular formula is C13H17NO3. The zero-order chi connectivity index (χ0) is 12.8. The lowest BCUT2D eigenvalue weighted by atomic mass is 10.1. The Morgan fingerprint density at radius 2 is 1.88 bits per heavy atom. The second-order valence-electron chi connectivity index (χ2n) is 3.79. The van der Waals surface area contributed by atoms with Crippen LogP contribution in [0, 0.1) is 11.3 Å². The van der Waals surface area contributed by atoms with Crippen LogP contribution < -0.4 is 14.2 Å². The number of hydrogen-bond donors (Lipinski definition) is 0. The van der Waals surface area contributed by atoms with E-state index in [1.807, 2.05) is 19.9 Å². The first-order chi connectivity index (χ1) is 8.13. The van der Waals surface area contributed by atoms with E-state index in [4.69, 9.17) is 19.5 Å². The van der Waals surface area contributed by atoms with Crippen molar-refractivity contribution in [3.05, 3.63) is 17.7 Å². The van der Waals surface area contributed by atoms with Crippen LogP contribution in [0.2, 0.25) is 0 Å². The number of rotatable bonds is 5. The van der Waals surface area contributed by atoms with Crippen molar-refractivity contribution in [2.45, 2.75) is 26.4 Å². The lowest BCUT2D eigenvalue weighted by molar-refractivity contribution is 0.224. The van der Waals surface area contributed by atoms with Gasteiger partial charge in [-0.3, -0.25) is 0 Å². The van der Waals surface area contributed by atoms with Crippen LogP contribution in [0.3, 0.4) is 0 Å². The van der Waals surface area contributed by atoms with Crippen LogP contribution in [0.4, 0.5) is 0 Å². The normalized spacial score (nSPS) is 9.88. The van der Waals surface area contributed by atoms with Crippen LogP contribution in [-0.4, -0.2) is 20.3 Å². The van der Waals surface area contributed by atoms with Crippen molar-refractivity contribution >= 4 is 0 Å². The van der Waals surface area contributed by atoms with E-state index < -0.39 is 0 Å². The summed E-state index contributed by atoms with van der Waals surface area (Å²) in [5.74, 6) is 1.72. The van der Waals surface area contributed by atoms with Gasteiger partial charge in [0.05, 0.1) is 32.8 Å². The third-order valence-corrected chi connectivity index (χ3v) is 2.20. The van der Waals surface area contributed by atoms with Gasteiger partial charge < -0.3 is 14.2 Å². The molecule has 17 heavy (non-hydrogen) atoms. The second kappa shape index (κ2) is 6.00. The summed E-state index contributed by atoms with van der Waals surface area (Å²) >= 11 is 0. The van der Waals surface area contributed by atoms with Crippen molar-refractivity contribution in [2.24, 2.45) is 0 Å². The molecule has 0 fully saturated rings. The number of ether oxygens (including phenoxy) is 3. The average molecular weight is 235 g/mol. The number of nitriles is 1. The summed E-state index contributed by atoms with van der Waals surface area (Å²) in [5, 5.41) is 8.79. The second-order valence-corrected chi connectivity index (χ2v) is 3.79. The first-order valence-electron chi connectivity index (χ1n) is 5.41. The summed E-state index contributed by atoms with van der Waals surface area (Å²) in [6.07, 6.45) is 0.288. The highest BCUT2D eigenvalue weighted by Crippen LogP contribution is 2.40. The van der Waals surface area contributed by atoms with E-state index in [1.54, 1.807) is 20.3 Å². The SMILES string of the molecule is COc1ccc(CC#N)c(OC(C)C)c1OC. The molecule has 1 aromatic rings. The molecule has 0 atom stereocenters. The molecule has 0 heterocycles. The van der Waals surface area contributed by atoms with Gasteiger partial charge in [-0.15, -0.1) is 0 Å². The van der Waals surface area contributed by atoms with Gasteiger partial charge in [0, 0.05) is 5.56 Å². The minimum absolute atomic E-state index is 0.00782. The summed E-state index contributed by atoms with van der Waals surface area (Å²) in [4.78, 5) is 0. The molecular weight excluding hydrogens is 218 g/mol. The molecule has 0 saturated carbocycles. The van der Waals surface area contributed by atoms with Crippen LogP contribution in [0.1, 0.15) is 19.4 Å². The molecule has 0 unspecified atom stereocenters. The minimum atomic E-state index is 0.00782. The molecule has 0 aliphatic heterocycles. The van der Waals surface area contributed by atoms with Gasteiger partial charge in [-0.2, -0.15) is 5.26 Å². The summed E-state index contributed by atoms with van der Waals surface area (Å²) in [6, 6.07) is 5.71. The van der Waals surface area contributed by atoms with Crippen molar-refractivity contribution in [1.82, 2.24) is 0 Å². The van der Waals surface area contributed by atoms with Crippen molar-refractivity contribution in [2.75, 3.05) is 14.2 Å². The van der Waals surface area contributed by atoms with Gasteiger partial charge in [0.15, 0.2) is 11.5 Å². The largest absolute Gasteiger partial charge is 0.493 e. The summed E-state index contributed by atoms with van der Waals surface area (Å²) in [6.45, 7) is 3.85. The predicted molar refractivity (Wildman–Crippen MR) is 64.6 cm³/mol. The third kappa shape index (κ3) is 3.04. The van der Waals surface area contributed by atoms with Gasteiger partial charge in [-0.05, 0) is 19.9 Å². The standard InChI is InChI=1S/C13H17NO3/c1-9(2)17-12-10(7-8-14)5-6-11(15-3)13(12)16-4/h5-6,9H,7H2,1-4H3.